The first-order valence-corrected chi connectivity index (χ1v) is 5.46. The van der Waals surface area contributed by atoms with Gasteiger partial charge in [0.15, 0.2) is 11.3 Å². The summed E-state index contributed by atoms with van der Waals surface area (Å²) in [6.07, 6.45) is 0. The van der Waals surface area contributed by atoms with Crippen LogP contribution < -0.4 is 5.43 Å². The Morgan fingerprint density at radius 2 is 1.89 bits per heavy atom. The minimum absolute atomic E-state index is 0.0903. The minimum atomic E-state index is -0.348. The lowest BCUT2D eigenvalue weighted by molar-refractivity contribution is 0.466. The molecule has 3 aromatic rings. The van der Waals surface area contributed by atoms with Gasteiger partial charge in [0.25, 0.3) is 0 Å². The molecule has 18 heavy (non-hydrogen) atoms. The molecule has 0 aliphatic rings. The molecule has 0 bridgehead atoms. The maximum absolute atomic E-state index is 12.2. The van der Waals surface area contributed by atoms with Gasteiger partial charge >= 0.3 is 0 Å². The Bertz CT molecular complexity index is 830. The quantitative estimate of drug-likeness (QED) is 0.594. The largest absolute Gasteiger partial charge is 0.507 e. The molecular weight excluding hydrogens is 232 g/mol. The number of rotatable bonds is 0. The van der Waals surface area contributed by atoms with Crippen molar-refractivity contribution in [3.8, 4) is 11.5 Å². The highest BCUT2D eigenvalue weighted by Crippen LogP contribution is 2.30. The van der Waals surface area contributed by atoms with Crippen LogP contribution in [-0.2, 0) is 0 Å². The van der Waals surface area contributed by atoms with E-state index >= 15 is 0 Å². The molecule has 1 aromatic heterocycles. The fourth-order valence-electron chi connectivity index (χ4n) is 2.10. The number of hydrogen-bond acceptors (Lipinski definition) is 4. The second kappa shape index (κ2) is 3.50. The lowest BCUT2D eigenvalue weighted by Gasteiger charge is -2.05. The van der Waals surface area contributed by atoms with Crippen LogP contribution in [0, 0.1) is 6.92 Å². The van der Waals surface area contributed by atoms with Gasteiger partial charge in [0.1, 0.15) is 16.7 Å². The molecule has 2 aromatic carbocycles. The maximum Gasteiger partial charge on any atom is 0.204 e. The molecule has 0 saturated carbocycles. The van der Waals surface area contributed by atoms with Crippen LogP contribution in [0.3, 0.4) is 0 Å². The van der Waals surface area contributed by atoms with E-state index in [2.05, 4.69) is 0 Å². The van der Waals surface area contributed by atoms with Gasteiger partial charge in [-0.25, -0.2) is 0 Å². The number of aryl methyl sites for hydroxylation is 1. The molecule has 0 unspecified atom stereocenters. The van der Waals surface area contributed by atoms with E-state index in [1.54, 1.807) is 25.1 Å². The zero-order valence-corrected chi connectivity index (χ0v) is 9.60. The van der Waals surface area contributed by atoms with Gasteiger partial charge in [-0.3, -0.25) is 4.79 Å². The molecule has 0 aliphatic heterocycles. The van der Waals surface area contributed by atoms with E-state index in [1.807, 2.05) is 0 Å². The lowest BCUT2D eigenvalue weighted by atomic mass is 10.1. The maximum atomic E-state index is 12.2. The summed E-state index contributed by atoms with van der Waals surface area (Å²) < 4.78 is 5.51. The van der Waals surface area contributed by atoms with E-state index in [9.17, 15) is 15.0 Å². The van der Waals surface area contributed by atoms with E-state index in [1.165, 1.54) is 12.1 Å². The van der Waals surface area contributed by atoms with Crippen molar-refractivity contribution in [3.05, 3.63) is 46.1 Å². The Labute approximate surface area is 102 Å². The fraction of sp³-hybridized carbons (Fsp3) is 0.0714. The highest BCUT2D eigenvalue weighted by Gasteiger charge is 2.13. The lowest BCUT2D eigenvalue weighted by Crippen LogP contribution is -2.02. The minimum Gasteiger partial charge on any atom is -0.507 e. The number of phenols is 2. The fourth-order valence-corrected chi connectivity index (χ4v) is 2.10. The topological polar surface area (TPSA) is 70.7 Å². The molecule has 0 fully saturated rings. The first-order chi connectivity index (χ1) is 8.58. The van der Waals surface area contributed by atoms with E-state index in [4.69, 9.17) is 4.42 Å². The third kappa shape index (κ3) is 1.35. The van der Waals surface area contributed by atoms with Crippen molar-refractivity contribution in [2.45, 2.75) is 6.92 Å². The van der Waals surface area contributed by atoms with Crippen LogP contribution in [0.1, 0.15) is 5.56 Å². The summed E-state index contributed by atoms with van der Waals surface area (Å²) in [4.78, 5) is 12.2. The molecule has 4 heteroatoms. The second-order valence-corrected chi connectivity index (χ2v) is 4.24. The molecule has 0 atom stereocenters. The standard InChI is InChI=1S/C14H10O4/c1-7-5-10(16)12-11(6-7)18-14-8(13(12)17)3-2-4-9(14)15/h2-6,15-16H,1H3. The number of benzene rings is 2. The normalized spacial score (nSPS) is 11.2. The van der Waals surface area contributed by atoms with Gasteiger partial charge in [-0.2, -0.15) is 0 Å². The smallest absolute Gasteiger partial charge is 0.204 e. The molecule has 0 aliphatic carbocycles. The highest BCUT2D eigenvalue weighted by molar-refractivity contribution is 5.95. The van der Waals surface area contributed by atoms with Crippen molar-refractivity contribution in [3.63, 3.8) is 0 Å². The number of phenolic OH excluding ortho intramolecular Hbond substituents is 2. The highest BCUT2D eigenvalue weighted by atomic mass is 16.4. The van der Waals surface area contributed by atoms with Crippen LogP contribution in [0.4, 0.5) is 0 Å². The van der Waals surface area contributed by atoms with Crippen LogP contribution in [0.5, 0.6) is 11.5 Å². The van der Waals surface area contributed by atoms with Crippen molar-refractivity contribution in [2.24, 2.45) is 0 Å². The third-order valence-corrected chi connectivity index (χ3v) is 2.90. The molecule has 0 radical (unpaired) electrons. The molecule has 90 valence electrons. The van der Waals surface area contributed by atoms with Gasteiger partial charge in [0.2, 0.25) is 5.43 Å². The number of aromatic hydroxyl groups is 2. The average molecular weight is 242 g/mol. The summed E-state index contributed by atoms with van der Waals surface area (Å²) in [5, 5.41) is 19.9. The summed E-state index contributed by atoms with van der Waals surface area (Å²) in [6.45, 7) is 1.79. The Kier molecular flexibility index (Phi) is 2.07. The van der Waals surface area contributed by atoms with Gasteiger partial charge in [0, 0.05) is 0 Å². The Balaban J connectivity index is 2.66. The van der Waals surface area contributed by atoms with Crippen LogP contribution >= 0.6 is 0 Å². The molecule has 4 nitrogen and oxygen atoms in total. The Morgan fingerprint density at radius 3 is 2.67 bits per heavy atom. The van der Waals surface area contributed by atoms with Gasteiger partial charge in [-0.05, 0) is 36.8 Å². The number of fused-ring (bicyclic) bond motifs is 2. The molecule has 0 saturated heterocycles. The summed E-state index contributed by atoms with van der Waals surface area (Å²) in [6, 6.07) is 7.73. The van der Waals surface area contributed by atoms with Crippen LogP contribution in [0.25, 0.3) is 21.9 Å². The van der Waals surface area contributed by atoms with E-state index in [0.29, 0.717) is 0 Å². The molecular formula is C14H10O4. The van der Waals surface area contributed by atoms with E-state index in [0.717, 1.165) is 5.56 Å². The molecule has 1 heterocycles. The summed E-state index contributed by atoms with van der Waals surface area (Å²) in [7, 11) is 0. The van der Waals surface area contributed by atoms with Crippen molar-refractivity contribution in [2.75, 3.05) is 0 Å². The Morgan fingerprint density at radius 1 is 1.11 bits per heavy atom. The van der Waals surface area contributed by atoms with Crippen molar-refractivity contribution in [1.82, 2.24) is 0 Å². The second-order valence-electron chi connectivity index (χ2n) is 4.24. The van der Waals surface area contributed by atoms with E-state index < -0.39 is 0 Å². The zero-order valence-electron chi connectivity index (χ0n) is 9.60. The Hall–Kier alpha value is -2.49. The first kappa shape index (κ1) is 10.7. The van der Waals surface area contributed by atoms with E-state index in [-0.39, 0.29) is 38.9 Å². The zero-order chi connectivity index (χ0) is 12.9. The van der Waals surface area contributed by atoms with Crippen LogP contribution in [-0.4, -0.2) is 10.2 Å². The van der Waals surface area contributed by atoms with Crippen molar-refractivity contribution < 1.29 is 14.6 Å². The monoisotopic (exact) mass is 242 g/mol. The SMILES string of the molecule is Cc1cc(O)c2c(=O)c3cccc(O)c3oc2c1. The van der Waals surface area contributed by atoms with Crippen LogP contribution in [0.2, 0.25) is 0 Å². The van der Waals surface area contributed by atoms with Gasteiger partial charge in [0.05, 0.1) is 5.39 Å². The predicted octanol–water partition coefficient (Wildman–Crippen LogP) is 2.67. The van der Waals surface area contributed by atoms with Gasteiger partial charge in [-0.15, -0.1) is 0 Å². The predicted molar refractivity (Wildman–Crippen MR) is 68.1 cm³/mol. The molecule has 2 N–H and O–H groups in total. The average Bonchev–Trinajstić information content (AvgIpc) is 2.30. The first-order valence-electron chi connectivity index (χ1n) is 5.46. The van der Waals surface area contributed by atoms with Gasteiger partial charge < -0.3 is 14.6 Å². The molecule has 0 spiro atoms. The summed E-state index contributed by atoms with van der Waals surface area (Å²) in [5.41, 5.74) is 0.837. The molecule has 0 amide bonds. The van der Waals surface area contributed by atoms with Crippen LogP contribution in [0.15, 0.2) is 39.5 Å². The van der Waals surface area contributed by atoms with Crippen molar-refractivity contribution in [1.29, 1.82) is 0 Å². The molecule has 3 rings (SSSR count). The summed E-state index contributed by atoms with van der Waals surface area (Å²) >= 11 is 0. The summed E-state index contributed by atoms with van der Waals surface area (Å²) in [5.74, 6) is -0.198. The number of hydrogen-bond donors (Lipinski definition) is 2. The third-order valence-electron chi connectivity index (χ3n) is 2.90. The number of para-hydroxylation sites is 1. The van der Waals surface area contributed by atoms with Crippen molar-refractivity contribution >= 4 is 21.9 Å². The van der Waals surface area contributed by atoms with Gasteiger partial charge in [-0.1, -0.05) is 6.07 Å².